The Morgan fingerprint density at radius 3 is 0.922 bits per heavy atom. The van der Waals surface area contributed by atoms with Crippen molar-refractivity contribution in [2.24, 2.45) is 0 Å². The molecule has 6 heteroatoms. The second-order valence-corrected chi connectivity index (χ2v) is 18.8. The van der Waals surface area contributed by atoms with E-state index < -0.39 is 6.10 Å². The van der Waals surface area contributed by atoms with Gasteiger partial charge in [0.1, 0.15) is 13.2 Å². The maximum Gasteiger partial charge on any atom is 0.306 e. The summed E-state index contributed by atoms with van der Waals surface area (Å²) in [6, 6.07) is 0. The first-order valence-electron chi connectivity index (χ1n) is 28.0. The van der Waals surface area contributed by atoms with Crippen LogP contribution in [-0.4, -0.2) is 37.2 Å². The Balaban J connectivity index is 4.33. The second kappa shape index (κ2) is 53.2. The van der Waals surface area contributed by atoms with Crippen LogP contribution in [0.2, 0.25) is 0 Å². The van der Waals surface area contributed by atoms with Crippen LogP contribution in [0.4, 0.5) is 0 Å². The maximum atomic E-state index is 12.8. The fraction of sp³-hybridized carbons (Fsp3) is 0.845. The van der Waals surface area contributed by atoms with Crippen LogP contribution >= 0.6 is 0 Å². The molecule has 0 rings (SSSR count). The van der Waals surface area contributed by atoms with E-state index in [0.29, 0.717) is 19.3 Å². The molecule has 0 aromatic carbocycles. The summed E-state index contributed by atoms with van der Waals surface area (Å²) < 4.78 is 16.8. The van der Waals surface area contributed by atoms with Crippen molar-refractivity contribution in [2.75, 3.05) is 13.2 Å². The van der Waals surface area contributed by atoms with Crippen molar-refractivity contribution in [3.8, 4) is 0 Å². The minimum Gasteiger partial charge on any atom is -0.462 e. The predicted octanol–water partition coefficient (Wildman–Crippen LogP) is 18.5. The van der Waals surface area contributed by atoms with E-state index in [9.17, 15) is 14.4 Å². The highest BCUT2D eigenvalue weighted by Gasteiger charge is 2.19. The summed E-state index contributed by atoms with van der Waals surface area (Å²) in [6.07, 6.45) is 62.7. The monoisotopic (exact) mass is 899 g/mol. The van der Waals surface area contributed by atoms with Gasteiger partial charge in [0.05, 0.1) is 0 Å². The largest absolute Gasteiger partial charge is 0.462 e. The number of carbonyl (C=O) groups is 3. The van der Waals surface area contributed by atoms with E-state index in [1.165, 1.54) is 186 Å². The normalized spacial score (nSPS) is 12.2. The van der Waals surface area contributed by atoms with Crippen LogP contribution in [0.5, 0.6) is 0 Å². The van der Waals surface area contributed by atoms with Crippen molar-refractivity contribution < 1.29 is 28.6 Å². The zero-order chi connectivity index (χ0) is 46.5. The third-order valence-corrected chi connectivity index (χ3v) is 12.4. The van der Waals surface area contributed by atoms with E-state index in [1.54, 1.807) is 0 Å². The van der Waals surface area contributed by atoms with Gasteiger partial charge in [-0.3, -0.25) is 14.4 Å². The molecule has 6 nitrogen and oxygen atoms in total. The Morgan fingerprint density at radius 2 is 0.562 bits per heavy atom. The molecule has 0 N–H and O–H groups in total. The SMILES string of the molecule is CCCCC/C=C\C/C=C\CCCCCCCCCCCC(=O)OCC(COC(=O)CCCCCCC/C=C\CCCCCC)OC(=O)CCCCCCCCCCCCCCCC. The van der Waals surface area contributed by atoms with Gasteiger partial charge in [-0.15, -0.1) is 0 Å². The highest BCUT2D eigenvalue weighted by Crippen LogP contribution is 2.16. The summed E-state index contributed by atoms with van der Waals surface area (Å²) in [5.74, 6) is -0.871. The first-order valence-corrected chi connectivity index (χ1v) is 28.0. The Kier molecular flexibility index (Phi) is 51.3. The lowest BCUT2D eigenvalue weighted by molar-refractivity contribution is -0.167. The number of carbonyl (C=O) groups excluding carboxylic acids is 3. The van der Waals surface area contributed by atoms with E-state index in [0.717, 1.165) is 70.6 Å². The molecule has 1 unspecified atom stereocenters. The quantitative estimate of drug-likeness (QED) is 0.0262. The average molecular weight is 899 g/mol. The lowest BCUT2D eigenvalue weighted by Crippen LogP contribution is -2.30. The maximum absolute atomic E-state index is 12.8. The number of hydrogen-bond donors (Lipinski definition) is 0. The predicted molar refractivity (Wildman–Crippen MR) is 275 cm³/mol. The molecule has 0 aliphatic rings. The lowest BCUT2D eigenvalue weighted by Gasteiger charge is -2.18. The van der Waals surface area contributed by atoms with Crippen molar-refractivity contribution >= 4 is 17.9 Å². The summed E-state index contributed by atoms with van der Waals surface area (Å²) in [4.78, 5) is 38.1. The Morgan fingerprint density at radius 1 is 0.312 bits per heavy atom. The average Bonchev–Trinajstić information content (AvgIpc) is 3.29. The molecule has 374 valence electrons. The number of hydrogen-bond acceptors (Lipinski definition) is 6. The summed E-state index contributed by atoms with van der Waals surface area (Å²) >= 11 is 0. The fourth-order valence-electron chi connectivity index (χ4n) is 8.12. The van der Waals surface area contributed by atoms with Crippen molar-refractivity contribution in [1.82, 2.24) is 0 Å². The summed E-state index contributed by atoms with van der Waals surface area (Å²) in [5, 5.41) is 0. The van der Waals surface area contributed by atoms with E-state index in [4.69, 9.17) is 14.2 Å². The molecule has 0 aromatic heterocycles. The van der Waals surface area contributed by atoms with Crippen molar-refractivity contribution in [2.45, 2.75) is 303 Å². The number of esters is 3. The minimum absolute atomic E-state index is 0.0737. The van der Waals surface area contributed by atoms with Crippen LogP contribution in [0.3, 0.4) is 0 Å². The van der Waals surface area contributed by atoms with Crippen LogP contribution in [0, 0.1) is 0 Å². The van der Waals surface area contributed by atoms with Crippen molar-refractivity contribution in [3.63, 3.8) is 0 Å². The molecule has 0 heterocycles. The van der Waals surface area contributed by atoms with Gasteiger partial charge in [-0.25, -0.2) is 0 Å². The molecule has 0 spiro atoms. The first-order chi connectivity index (χ1) is 31.5. The molecule has 0 aliphatic heterocycles. The van der Waals surface area contributed by atoms with Crippen molar-refractivity contribution in [3.05, 3.63) is 36.5 Å². The van der Waals surface area contributed by atoms with E-state index in [2.05, 4.69) is 57.2 Å². The molecular weight excluding hydrogens is 793 g/mol. The molecule has 0 aromatic rings. The summed E-state index contributed by atoms with van der Waals surface area (Å²) in [7, 11) is 0. The third-order valence-electron chi connectivity index (χ3n) is 12.4. The van der Waals surface area contributed by atoms with E-state index >= 15 is 0 Å². The zero-order valence-corrected chi connectivity index (χ0v) is 42.8. The van der Waals surface area contributed by atoms with Gasteiger partial charge in [0.2, 0.25) is 0 Å². The van der Waals surface area contributed by atoms with Crippen LogP contribution in [0.1, 0.15) is 297 Å². The number of allylic oxidation sites excluding steroid dienone is 6. The van der Waals surface area contributed by atoms with Gasteiger partial charge in [-0.2, -0.15) is 0 Å². The highest BCUT2D eigenvalue weighted by molar-refractivity contribution is 5.71. The summed E-state index contributed by atoms with van der Waals surface area (Å²) in [6.45, 7) is 6.62. The Hall–Kier alpha value is -2.37. The van der Waals surface area contributed by atoms with Crippen molar-refractivity contribution in [1.29, 1.82) is 0 Å². The van der Waals surface area contributed by atoms with Gasteiger partial charge in [-0.1, -0.05) is 237 Å². The molecule has 0 amide bonds. The molecule has 0 saturated carbocycles. The van der Waals surface area contributed by atoms with Gasteiger partial charge in [0.25, 0.3) is 0 Å². The molecular formula is C58H106O6. The third kappa shape index (κ3) is 50.6. The lowest BCUT2D eigenvalue weighted by atomic mass is 10.0. The minimum atomic E-state index is -0.773. The number of rotatable bonds is 51. The molecule has 0 saturated heterocycles. The van der Waals surface area contributed by atoms with Gasteiger partial charge in [0.15, 0.2) is 6.10 Å². The zero-order valence-electron chi connectivity index (χ0n) is 42.8. The van der Waals surface area contributed by atoms with Crippen LogP contribution in [0.15, 0.2) is 36.5 Å². The van der Waals surface area contributed by atoms with Crippen LogP contribution in [0.25, 0.3) is 0 Å². The van der Waals surface area contributed by atoms with E-state index in [-0.39, 0.29) is 31.1 Å². The van der Waals surface area contributed by atoms with E-state index in [1.807, 2.05) is 0 Å². The Labute approximate surface area is 397 Å². The number of ether oxygens (including phenoxy) is 3. The van der Waals surface area contributed by atoms with Gasteiger partial charge < -0.3 is 14.2 Å². The van der Waals surface area contributed by atoms with Crippen LogP contribution in [-0.2, 0) is 28.6 Å². The van der Waals surface area contributed by atoms with Crippen LogP contribution < -0.4 is 0 Å². The van der Waals surface area contributed by atoms with Gasteiger partial charge in [-0.05, 0) is 77.0 Å². The topological polar surface area (TPSA) is 78.9 Å². The standard InChI is InChI=1S/C58H106O6/c1-4-7-10-13-16-19-22-25-27-28-29-30-31-34-36-39-42-45-48-51-57(60)63-54-55(53-62-56(59)50-47-44-41-38-35-32-24-21-18-15-12-9-6-3)64-58(61)52-49-46-43-40-37-33-26-23-20-17-14-11-8-5-2/h16,19,21,24-25,27,55H,4-15,17-18,20,22-23,26,28-54H2,1-3H3/b19-16-,24-21-,27-25-. The summed E-state index contributed by atoms with van der Waals surface area (Å²) in [5.41, 5.74) is 0. The highest BCUT2D eigenvalue weighted by atomic mass is 16.6. The second-order valence-electron chi connectivity index (χ2n) is 18.8. The Bertz CT molecular complexity index is 1080. The number of unbranched alkanes of at least 4 members (excludes halogenated alkanes) is 34. The van der Waals surface area contributed by atoms with Gasteiger partial charge >= 0.3 is 17.9 Å². The fourth-order valence-corrected chi connectivity index (χ4v) is 8.12. The molecule has 0 fully saturated rings. The molecule has 0 aliphatic carbocycles. The molecule has 0 radical (unpaired) electrons. The first kappa shape index (κ1) is 61.6. The molecule has 1 atom stereocenters. The smallest absolute Gasteiger partial charge is 0.306 e. The molecule has 64 heavy (non-hydrogen) atoms. The molecule has 0 bridgehead atoms. The van der Waals surface area contributed by atoms with Gasteiger partial charge in [0, 0.05) is 19.3 Å².